The number of ether oxygens (including phenoxy) is 1. The molecule has 0 saturated carbocycles. The zero-order chi connectivity index (χ0) is 27.6. The van der Waals surface area contributed by atoms with E-state index < -0.39 is 5.60 Å². The molecule has 3 aromatic heterocycles. The van der Waals surface area contributed by atoms with Gasteiger partial charge in [-0.15, -0.1) is 6.58 Å². The van der Waals surface area contributed by atoms with Gasteiger partial charge in [-0.05, 0) is 66.8 Å². The van der Waals surface area contributed by atoms with Crippen molar-refractivity contribution in [2.45, 2.75) is 57.4 Å². The van der Waals surface area contributed by atoms with Crippen LogP contribution in [0.3, 0.4) is 0 Å². The van der Waals surface area contributed by atoms with Gasteiger partial charge in [-0.1, -0.05) is 19.1 Å². The summed E-state index contributed by atoms with van der Waals surface area (Å²) in [5.41, 5.74) is 5.75. The molecule has 0 bridgehead atoms. The second kappa shape index (κ2) is 9.36. The van der Waals surface area contributed by atoms with Crippen LogP contribution in [0.5, 0.6) is 0 Å². The molecule has 1 aliphatic carbocycles. The highest BCUT2D eigenvalue weighted by Crippen LogP contribution is 2.39. The summed E-state index contributed by atoms with van der Waals surface area (Å²) in [5, 5.41) is 14.9. The van der Waals surface area contributed by atoms with Crippen LogP contribution in [0.1, 0.15) is 53.6 Å². The van der Waals surface area contributed by atoms with Crippen LogP contribution in [0.25, 0.3) is 16.9 Å². The minimum absolute atomic E-state index is 0.223. The summed E-state index contributed by atoms with van der Waals surface area (Å²) in [6, 6.07) is 8.16. The van der Waals surface area contributed by atoms with Crippen LogP contribution < -0.4 is 10.9 Å². The number of pyridine rings is 1. The summed E-state index contributed by atoms with van der Waals surface area (Å²) in [6.45, 7) is 9.31. The van der Waals surface area contributed by atoms with Gasteiger partial charge in [0, 0.05) is 30.9 Å². The van der Waals surface area contributed by atoms with E-state index in [4.69, 9.17) is 14.7 Å². The Kier molecular flexibility index (Phi) is 5.88. The van der Waals surface area contributed by atoms with Gasteiger partial charge < -0.3 is 20.1 Å². The van der Waals surface area contributed by atoms with Crippen molar-refractivity contribution < 1.29 is 9.84 Å². The lowest BCUT2D eigenvalue weighted by Gasteiger charge is -2.37. The minimum atomic E-state index is -0.969. The van der Waals surface area contributed by atoms with E-state index in [9.17, 15) is 9.90 Å². The standard InChI is InChI=1S/C30H33N7O3/c1-4-10-36-28(38)23-13-31-29(32-22-11-19-14-35(3)15-21-17-40-16-20(12-22)25(19)21)34-27(23)37(36)24-7-6-18-8-9-30(39,5-2)26(18)33-24/h4,6-7,11-13,21,39H,1,5,8-10,14-17H2,2-3H3,(H,31,32,34). The summed E-state index contributed by atoms with van der Waals surface area (Å²) in [7, 11) is 2.13. The molecule has 0 amide bonds. The van der Waals surface area contributed by atoms with Crippen LogP contribution >= 0.6 is 0 Å². The van der Waals surface area contributed by atoms with Crippen LogP contribution in [0, 0.1) is 0 Å². The van der Waals surface area contributed by atoms with Gasteiger partial charge in [0.05, 0.1) is 25.5 Å². The monoisotopic (exact) mass is 539 g/mol. The van der Waals surface area contributed by atoms with Crippen molar-refractivity contribution in [2.75, 3.05) is 25.5 Å². The minimum Gasteiger partial charge on any atom is -0.384 e. The van der Waals surface area contributed by atoms with Crippen molar-refractivity contribution >= 4 is 22.7 Å². The van der Waals surface area contributed by atoms with Crippen LogP contribution in [0.2, 0.25) is 0 Å². The average Bonchev–Trinajstić information content (AvgIpc) is 3.42. The van der Waals surface area contributed by atoms with E-state index in [1.165, 1.54) is 16.7 Å². The molecule has 0 radical (unpaired) electrons. The molecule has 3 aliphatic rings. The first-order chi connectivity index (χ1) is 19.4. The fourth-order valence-corrected chi connectivity index (χ4v) is 6.64. The van der Waals surface area contributed by atoms with Gasteiger partial charge in [0.1, 0.15) is 11.0 Å². The summed E-state index contributed by atoms with van der Waals surface area (Å²) in [5.74, 6) is 1.30. The van der Waals surface area contributed by atoms with Gasteiger partial charge >= 0.3 is 0 Å². The normalized spacial score (nSPS) is 21.8. The molecular formula is C30H33N7O3. The maximum absolute atomic E-state index is 13.4. The first-order valence-electron chi connectivity index (χ1n) is 13.9. The maximum Gasteiger partial charge on any atom is 0.278 e. The number of hydrogen-bond acceptors (Lipinski definition) is 8. The Morgan fingerprint density at radius 1 is 1.25 bits per heavy atom. The van der Waals surface area contributed by atoms with Gasteiger partial charge in [-0.2, -0.15) is 4.98 Å². The average molecular weight is 540 g/mol. The summed E-state index contributed by atoms with van der Waals surface area (Å²) >= 11 is 0. The van der Waals surface area contributed by atoms with Gasteiger partial charge in [-0.3, -0.25) is 4.79 Å². The number of nitrogens with one attached hydrogen (secondary N) is 1. The highest BCUT2D eigenvalue weighted by Gasteiger charge is 2.37. The van der Waals surface area contributed by atoms with Gasteiger partial charge in [-0.25, -0.2) is 19.3 Å². The summed E-state index contributed by atoms with van der Waals surface area (Å²) in [6.07, 6.45) is 5.22. The number of likely N-dealkylation sites (N-methyl/N-ethyl adjacent to an activating group) is 1. The molecular weight excluding hydrogens is 506 g/mol. The van der Waals surface area contributed by atoms with Crippen LogP contribution in [0.4, 0.5) is 11.6 Å². The van der Waals surface area contributed by atoms with E-state index in [1.54, 1.807) is 21.6 Å². The third-order valence-electron chi connectivity index (χ3n) is 8.56. The fourth-order valence-electron chi connectivity index (χ4n) is 6.64. The second-order valence-electron chi connectivity index (χ2n) is 11.2. The third kappa shape index (κ3) is 3.89. The number of anilines is 2. The maximum atomic E-state index is 13.4. The number of nitrogens with zero attached hydrogens (tertiary/aromatic N) is 6. The SMILES string of the molecule is C=CCn1c(=O)c2cnc(Nc3cc4c5c(c3)CN(C)CC5COC4)nc2n1-c1ccc2c(n1)C(O)(CC)CC2. The number of allylic oxidation sites excluding steroid dienone is 1. The number of rotatable bonds is 6. The van der Waals surface area contributed by atoms with E-state index in [2.05, 4.69) is 41.0 Å². The molecule has 0 saturated heterocycles. The van der Waals surface area contributed by atoms with E-state index in [-0.39, 0.29) is 12.1 Å². The van der Waals surface area contributed by atoms with Crippen LogP contribution in [-0.4, -0.2) is 54.5 Å². The lowest BCUT2D eigenvalue weighted by atomic mass is 9.85. The van der Waals surface area contributed by atoms with Crippen molar-refractivity contribution in [2.24, 2.45) is 0 Å². The Bertz CT molecular complexity index is 1720. The predicted octanol–water partition coefficient (Wildman–Crippen LogP) is 3.51. The Hall–Kier alpha value is -3.86. The molecule has 2 atom stereocenters. The van der Waals surface area contributed by atoms with Gasteiger partial charge in [0.15, 0.2) is 11.5 Å². The Morgan fingerprint density at radius 3 is 2.92 bits per heavy atom. The number of benzene rings is 1. The van der Waals surface area contributed by atoms with Gasteiger partial charge in [0.2, 0.25) is 5.95 Å². The first-order valence-corrected chi connectivity index (χ1v) is 13.9. The molecule has 2 unspecified atom stereocenters. The Balaban J connectivity index is 1.33. The van der Waals surface area contributed by atoms with E-state index in [1.807, 2.05) is 19.1 Å². The zero-order valence-electron chi connectivity index (χ0n) is 22.9. The fraction of sp³-hybridized carbons (Fsp3) is 0.400. The first kappa shape index (κ1) is 25.1. The van der Waals surface area contributed by atoms with Crippen molar-refractivity contribution in [3.05, 3.63) is 81.4 Å². The molecule has 5 heterocycles. The molecule has 10 nitrogen and oxygen atoms in total. The molecule has 10 heteroatoms. The molecule has 2 aliphatic heterocycles. The van der Waals surface area contributed by atoms with Crippen molar-refractivity contribution in [3.63, 3.8) is 0 Å². The van der Waals surface area contributed by atoms with Crippen molar-refractivity contribution in [3.8, 4) is 5.82 Å². The number of aryl methyl sites for hydroxylation is 1. The largest absolute Gasteiger partial charge is 0.384 e. The molecule has 2 N–H and O–H groups in total. The smallest absolute Gasteiger partial charge is 0.278 e. The zero-order valence-corrected chi connectivity index (χ0v) is 22.9. The highest BCUT2D eigenvalue weighted by atomic mass is 16.5. The van der Waals surface area contributed by atoms with Gasteiger partial charge in [0.25, 0.3) is 5.56 Å². The molecule has 7 rings (SSSR count). The number of hydrogen-bond donors (Lipinski definition) is 2. The number of aliphatic hydroxyl groups is 1. The Labute approximate surface area is 231 Å². The second-order valence-corrected chi connectivity index (χ2v) is 11.2. The third-order valence-corrected chi connectivity index (χ3v) is 8.56. The Morgan fingerprint density at radius 2 is 2.10 bits per heavy atom. The molecule has 0 spiro atoms. The summed E-state index contributed by atoms with van der Waals surface area (Å²) < 4.78 is 9.17. The van der Waals surface area contributed by atoms with E-state index >= 15 is 0 Å². The predicted molar refractivity (Wildman–Crippen MR) is 152 cm³/mol. The lowest BCUT2D eigenvalue weighted by molar-refractivity contribution is 0.0306. The summed E-state index contributed by atoms with van der Waals surface area (Å²) in [4.78, 5) is 29.9. The molecule has 0 fully saturated rings. The molecule has 4 aromatic rings. The lowest BCUT2D eigenvalue weighted by Crippen LogP contribution is -2.35. The molecule has 206 valence electrons. The topological polar surface area (TPSA) is 110 Å². The number of aromatic nitrogens is 5. The highest BCUT2D eigenvalue weighted by molar-refractivity contribution is 5.77. The van der Waals surface area contributed by atoms with Crippen LogP contribution in [0.15, 0.2) is 47.9 Å². The number of fused-ring (bicyclic) bond motifs is 2. The van der Waals surface area contributed by atoms with Crippen LogP contribution in [-0.2, 0) is 36.5 Å². The quantitative estimate of drug-likeness (QED) is 0.358. The molecule has 40 heavy (non-hydrogen) atoms. The van der Waals surface area contributed by atoms with Crippen molar-refractivity contribution in [1.29, 1.82) is 0 Å². The van der Waals surface area contributed by atoms with E-state index in [0.717, 1.165) is 37.4 Å². The van der Waals surface area contributed by atoms with E-state index in [0.29, 0.717) is 53.9 Å². The van der Waals surface area contributed by atoms with Crippen molar-refractivity contribution in [1.82, 2.24) is 29.2 Å². The molecule has 1 aromatic carbocycles.